The van der Waals surface area contributed by atoms with Crippen LogP contribution in [0.15, 0.2) is 30.3 Å². The maximum absolute atomic E-state index is 12.6. The summed E-state index contributed by atoms with van der Waals surface area (Å²) in [4.78, 5) is 17.3. The van der Waals surface area contributed by atoms with Crippen molar-refractivity contribution in [3.8, 4) is 0 Å². The third-order valence-corrected chi connectivity index (χ3v) is 7.25. The number of piperidine rings is 1. The van der Waals surface area contributed by atoms with Crippen molar-refractivity contribution in [2.45, 2.75) is 44.8 Å². The molecule has 2 heterocycles. The first-order valence-electron chi connectivity index (χ1n) is 10.8. The molecule has 1 aromatic carbocycles. The number of ether oxygens (including phenoxy) is 2. The number of amides is 1. The van der Waals surface area contributed by atoms with Gasteiger partial charge in [0.05, 0.1) is 13.2 Å². The van der Waals surface area contributed by atoms with Crippen molar-refractivity contribution in [2.75, 3.05) is 46.5 Å². The normalized spacial score (nSPS) is 25.2. The van der Waals surface area contributed by atoms with Crippen LogP contribution in [-0.2, 0) is 20.9 Å². The Kier molecular flexibility index (Phi) is 6.34. The van der Waals surface area contributed by atoms with Gasteiger partial charge in [0.25, 0.3) is 0 Å². The molecule has 3 fully saturated rings. The SMILES string of the molecule is COCC1CN(C2CCC2)CC12CCN(C(=O)COCc1ccccc1)CC2. The van der Waals surface area contributed by atoms with E-state index in [0.29, 0.717) is 17.9 Å². The summed E-state index contributed by atoms with van der Waals surface area (Å²) in [6.45, 7) is 5.59. The summed E-state index contributed by atoms with van der Waals surface area (Å²) in [7, 11) is 1.82. The second-order valence-corrected chi connectivity index (χ2v) is 8.89. The molecule has 2 aliphatic heterocycles. The van der Waals surface area contributed by atoms with Gasteiger partial charge in [-0.3, -0.25) is 9.69 Å². The number of carbonyl (C=O) groups excluding carboxylic acids is 1. The maximum Gasteiger partial charge on any atom is 0.248 e. The first kappa shape index (κ1) is 19.9. The number of nitrogens with zero attached hydrogens (tertiary/aromatic N) is 2. The minimum absolute atomic E-state index is 0.128. The van der Waals surface area contributed by atoms with E-state index in [2.05, 4.69) is 4.90 Å². The van der Waals surface area contributed by atoms with Crippen LogP contribution < -0.4 is 0 Å². The average molecular weight is 387 g/mol. The van der Waals surface area contributed by atoms with Crippen molar-refractivity contribution in [2.24, 2.45) is 11.3 Å². The number of hydrogen-bond acceptors (Lipinski definition) is 4. The van der Waals surface area contributed by atoms with E-state index in [9.17, 15) is 4.79 Å². The van der Waals surface area contributed by atoms with Gasteiger partial charge in [-0.05, 0) is 36.7 Å². The largest absolute Gasteiger partial charge is 0.384 e. The van der Waals surface area contributed by atoms with E-state index < -0.39 is 0 Å². The molecule has 5 nitrogen and oxygen atoms in total. The lowest BCUT2D eigenvalue weighted by Crippen LogP contribution is -2.48. The molecular formula is C23H34N2O3. The van der Waals surface area contributed by atoms with E-state index in [4.69, 9.17) is 9.47 Å². The number of methoxy groups -OCH3 is 1. The highest BCUT2D eigenvalue weighted by molar-refractivity contribution is 5.77. The third-order valence-electron chi connectivity index (χ3n) is 7.25. The Bertz CT molecular complexity index is 639. The Morgan fingerprint density at radius 3 is 2.57 bits per heavy atom. The molecule has 4 rings (SSSR count). The van der Waals surface area contributed by atoms with E-state index in [1.165, 1.54) is 32.4 Å². The van der Waals surface area contributed by atoms with Gasteiger partial charge in [0.2, 0.25) is 5.91 Å². The van der Waals surface area contributed by atoms with Crippen molar-refractivity contribution in [3.63, 3.8) is 0 Å². The molecule has 1 aromatic rings. The fraction of sp³-hybridized carbons (Fsp3) is 0.696. The topological polar surface area (TPSA) is 42.0 Å². The fourth-order valence-electron chi connectivity index (χ4n) is 5.23. The summed E-state index contributed by atoms with van der Waals surface area (Å²) in [5.41, 5.74) is 1.44. The minimum atomic E-state index is 0.128. The van der Waals surface area contributed by atoms with Gasteiger partial charge < -0.3 is 14.4 Å². The zero-order valence-corrected chi connectivity index (χ0v) is 17.1. The quantitative estimate of drug-likeness (QED) is 0.723. The van der Waals surface area contributed by atoms with E-state index in [1.54, 1.807) is 0 Å². The molecule has 1 spiro atoms. The van der Waals surface area contributed by atoms with Gasteiger partial charge in [0.1, 0.15) is 6.61 Å². The van der Waals surface area contributed by atoms with Crippen LogP contribution >= 0.6 is 0 Å². The van der Waals surface area contributed by atoms with Crippen LogP contribution in [0.25, 0.3) is 0 Å². The van der Waals surface area contributed by atoms with Crippen LogP contribution in [0, 0.1) is 11.3 Å². The predicted octanol–water partition coefficient (Wildman–Crippen LogP) is 2.94. The van der Waals surface area contributed by atoms with E-state index in [-0.39, 0.29) is 12.5 Å². The highest BCUT2D eigenvalue weighted by atomic mass is 16.5. The standard InChI is InChI=1S/C23H34N2O3/c1-27-16-20-14-25(21-8-5-9-21)18-23(20)10-12-24(13-11-23)22(26)17-28-15-19-6-3-2-4-7-19/h2-4,6-7,20-21H,5,8-18H2,1H3. The van der Waals surface area contributed by atoms with Crippen LogP contribution in [0.5, 0.6) is 0 Å². The van der Waals surface area contributed by atoms with Crippen molar-refractivity contribution in [1.82, 2.24) is 9.80 Å². The van der Waals surface area contributed by atoms with Gasteiger partial charge in [-0.2, -0.15) is 0 Å². The molecule has 1 unspecified atom stereocenters. The van der Waals surface area contributed by atoms with Crippen molar-refractivity contribution < 1.29 is 14.3 Å². The second kappa shape index (κ2) is 8.93. The molecule has 154 valence electrons. The zero-order chi connectivity index (χ0) is 19.4. The molecule has 1 aliphatic carbocycles. The van der Waals surface area contributed by atoms with Crippen molar-refractivity contribution >= 4 is 5.91 Å². The Labute approximate surface area is 169 Å². The number of likely N-dealkylation sites (tertiary alicyclic amines) is 2. The Hall–Kier alpha value is -1.43. The van der Waals surface area contributed by atoms with Gasteiger partial charge >= 0.3 is 0 Å². The number of benzene rings is 1. The summed E-state index contributed by atoms with van der Waals surface area (Å²) in [6.07, 6.45) is 6.29. The molecule has 0 bridgehead atoms. The van der Waals surface area contributed by atoms with Crippen LogP contribution in [0.3, 0.4) is 0 Å². The van der Waals surface area contributed by atoms with Crippen LogP contribution in [0.2, 0.25) is 0 Å². The Morgan fingerprint density at radius 1 is 1.18 bits per heavy atom. The summed E-state index contributed by atoms with van der Waals surface area (Å²) >= 11 is 0. The molecular weight excluding hydrogens is 352 g/mol. The second-order valence-electron chi connectivity index (χ2n) is 8.89. The number of hydrogen-bond donors (Lipinski definition) is 0. The van der Waals surface area contributed by atoms with Crippen LogP contribution in [-0.4, -0.2) is 68.3 Å². The highest BCUT2D eigenvalue weighted by Crippen LogP contribution is 2.47. The smallest absolute Gasteiger partial charge is 0.248 e. The van der Waals surface area contributed by atoms with E-state index in [0.717, 1.165) is 44.1 Å². The van der Waals surface area contributed by atoms with Crippen LogP contribution in [0.4, 0.5) is 0 Å². The van der Waals surface area contributed by atoms with Gasteiger partial charge in [-0.25, -0.2) is 0 Å². The molecule has 2 saturated heterocycles. The minimum Gasteiger partial charge on any atom is -0.384 e. The maximum atomic E-state index is 12.6. The summed E-state index contributed by atoms with van der Waals surface area (Å²) < 4.78 is 11.2. The van der Waals surface area contributed by atoms with Crippen LogP contribution in [0.1, 0.15) is 37.7 Å². The van der Waals surface area contributed by atoms with Gasteiger partial charge in [0.15, 0.2) is 0 Å². The average Bonchev–Trinajstić information content (AvgIpc) is 2.99. The van der Waals surface area contributed by atoms with Crippen molar-refractivity contribution in [1.29, 1.82) is 0 Å². The van der Waals surface area contributed by atoms with Crippen molar-refractivity contribution in [3.05, 3.63) is 35.9 Å². The molecule has 1 amide bonds. The lowest BCUT2D eigenvalue weighted by molar-refractivity contribution is -0.139. The van der Waals surface area contributed by atoms with E-state index >= 15 is 0 Å². The molecule has 1 atom stereocenters. The van der Waals surface area contributed by atoms with Gasteiger partial charge in [-0.15, -0.1) is 0 Å². The Morgan fingerprint density at radius 2 is 1.93 bits per heavy atom. The molecule has 1 saturated carbocycles. The Balaban J connectivity index is 1.27. The first-order chi connectivity index (χ1) is 13.7. The zero-order valence-electron chi connectivity index (χ0n) is 17.1. The lowest BCUT2D eigenvalue weighted by atomic mass is 9.71. The molecule has 0 radical (unpaired) electrons. The summed E-state index contributed by atoms with van der Waals surface area (Å²) in [5, 5.41) is 0. The van der Waals surface area contributed by atoms with Gasteiger partial charge in [-0.1, -0.05) is 36.8 Å². The molecule has 3 aliphatic rings. The highest BCUT2D eigenvalue weighted by Gasteiger charge is 2.50. The summed E-state index contributed by atoms with van der Waals surface area (Å²) in [6, 6.07) is 10.8. The molecule has 5 heteroatoms. The molecule has 28 heavy (non-hydrogen) atoms. The summed E-state index contributed by atoms with van der Waals surface area (Å²) in [5.74, 6) is 0.729. The monoisotopic (exact) mass is 386 g/mol. The third kappa shape index (κ3) is 4.27. The fourth-order valence-corrected chi connectivity index (χ4v) is 5.23. The number of rotatable bonds is 7. The number of carbonyl (C=O) groups is 1. The first-order valence-corrected chi connectivity index (χ1v) is 10.8. The lowest BCUT2D eigenvalue weighted by Gasteiger charge is -2.43. The molecule has 0 N–H and O–H groups in total. The van der Waals surface area contributed by atoms with Gasteiger partial charge in [0, 0.05) is 45.2 Å². The van der Waals surface area contributed by atoms with E-state index in [1.807, 2.05) is 42.3 Å². The predicted molar refractivity (Wildman–Crippen MR) is 109 cm³/mol. The molecule has 0 aromatic heterocycles.